The fourth-order valence-corrected chi connectivity index (χ4v) is 6.19. The molecule has 2 aromatic carbocycles. The Hall–Kier alpha value is -2.39. The summed E-state index contributed by atoms with van der Waals surface area (Å²) in [6.45, 7) is 0. The highest BCUT2D eigenvalue weighted by Gasteiger charge is 2.31. The Balaban J connectivity index is 1.59. The molecule has 2 heterocycles. The fourth-order valence-electron chi connectivity index (χ4n) is 3.40. The van der Waals surface area contributed by atoms with Crippen LogP contribution in [0.1, 0.15) is 15.9 Å². The van der Waals surface area contributed by atoms with E-state index >= 15 is 0 Å². The van der Waals surface area contributed by atoms with Crippen molar-refractivity contribution in [1.82, 2.24) is 14.3 Å². The topological polar surface area (TPSA) is 128 Å². The third-order valence-corrected chi connectivity index (χ3v) is 8.65. The van der Waals surface area contributed by atoms with Crippen molar-refractivity contribution < 1.29 is 23.1 Å². The van der Waals surface area contributed by atoms with Crippen molar-refractivity contribution in [2.75, 3.05) is 4.72 Å². The zero-order valence-electron chi connectivity index (χ0n) is 18.0. The minimum Gasteiger partial charge on any atom is -0.480 e. The minimum absolute atomic E-state index is 0.00995. The first-order chi connectivity index (χ1) is 17.0. The van der Waals surface area contributed by atoms with E-state index < -0.39 is 27.9 Å². The summed E-state index contributed by atoms with van der Waals surface area (Å²) in [6, 6.07) is 7.92. The maximum absolute atomic E-state index is 13.2. The van der Waals surface area contributed by atoms with Gasteiger partial charge in [0.1, 0.15) is 10.9 Å². The number of carbonyl (C=O) groups is 2. The van der Waals surface area contributed by atoms with Gasteiger partial charge in [0.05, 0.1) is 39.1 Å². The molecule has 4 rings (SSSR count). The number of hydrogen-bond acceptors (Lipinski definition) is 7. The number of hydrogen-bond donors (Lipinski definition) is 4. The maximum atomic E-state index is 13.2. The van der Waals surface area contributed by atoms with Gasteiger partial charge in [-0.1, -0.05) is 29.3 Å². The Labute approximate surface area is 235 Å². The van der Waals surface area contributed by atoms with Gasteiger partial charge in [0.15, 0.2) is 0 Å². The lowest BCUT2D eigenvalue weighted by Gasteiger charge is -2.21. The number of carboxylic acid groups (broad SMARTS) is 1. The molecule has 0 spiro atoms. The van der Waals surface area contributed by atoms with Gasteiger partial charge < -0.3 is 15.1 Å². The van der Waals surface area contributed by atoms with E-state index in [2.05, 4.69) is 14.8 Å². The van der Waals surface area contributed by atoms with E-state index in [0.717, 1.165) is 0 Å². The highest BCUT2D eigenvalue weighted by molar-refractivity contribution is 14.1. The summed E-state index contributed by atoms with van der Waals surface area (Å²) < 4.78 is 34.2. The van der Waals surface area contributed by atoms with Crippen LogP contribution < -0.4 is 14.8 Å². The lowest BCUT2D eigenvalue weighted by atomic mass is 10.1. The number of halogens is 3. The highest BCUT2D eigenvalue weighted by atomic mass is 127. The highest BCUT2D eigenvalue weighted by Crippen LogP contribution is 2.34. The van der Waals surface area contributed by atoms with Crippen LogP contribution in [0.4, 0.5) is 5.69 Å². The van der Waals surface area contributed by atoms with Crippen molar-refractivity contribution in [3.8, 4) is 0 Å². The molecule has 1 amide bonds. The molecule has 36 heavy (non-hydrogen) atoms. The lowest BCUT2D eigenvalue weighted by molar-refractivity contribution is -0.139. The number of carbonyl (C=O) groups excluding carboxylic acids is 1. The van der Waals surface area contributed by atoms with E-state index in [1.165, 1.54) is 42.5 Å². The molecule has 2 aliphatic rings. The minimum atomic E-state index is -4.10. The first-order valence-corrected chi connectivity index (χ1v) is 14.2. The van der Waals surface area contributed by atoms with Crippen LogP contribution in [0.15, 0.2) is 71.6 Å². The number of amides is 1. The molecule has 0 aromatic heterocycles. The van der Waals surface area contributed by atoms with Crippen molar-refractivity contribution in [1.29, 1.82) is 0 Å². The Morgan fingerprint density at radius 2 is 1.94 bits per heavy atom. The average molecular weight is 679 g/mol. The van der Waals surface area contributed by atoms with Crippen molar-refractivity contribution in [3.05, 3.63) is 96.3 Å². The van der Waals surface area contributed by atoms with Crippen molar-refractivity contribution in [2.24, 2.45) is 0 Å². The molecule has 2 aliphatic heterocycles. The second kappa shape index (κ2) is 10.9. The summed E-state index contributed by atoms with van der Waals surface area (Å²) in [7, 11) is -4.10. The van der Waals surface area contributed by atoms with Gasteiger partial charge in [-0.15, -0.1) is 0 Å². The molecular weight excluding hydrogens is 662 g/mol. The Morgan fingerprint density at radius 3 is 2.67 bits per heavy atom. The zero-order valence-corrected chi connectivity index (χ0v) is 23.3. The third kappa shape index (κ3) is 5.94. The quantitative estimate of drug-likeness (QED) is 0.238. The van der Waals surface area contributed by atoms with Crippen LogP contribution in [0.2, 0.25) is 10.0 Å². The van der Waals surface area contributed by atoms with Gasteiger partial charge in [-0.2, -0.15) is 0 Å². The average Bonchev–Trinajstić information content (AvgIpc) is 3.29. The molecule has 2 aromatic rings. The van der Waals surface area contributed by atoms with Gasteiger partial charge >= 0.3 is 5.97 Å². The summed E-state index contributed by atoms with van der Waals surface area (Å²) in [6.07, 6.45) is 6.25. The zero-order chi connectivity index (χ0) is 26.0. The third-order valence-electron chi connectivity index (χ3n) is 5.09. The number of benzene rings is 2. The number of nitrogens with one attached hydrogen (secondary N) is 3. The van der Waals surface area contributed by atoms with Crippen LogP contribution in [-0.4, -0.2) is 35.7 Å². The molecule has 0 saturated carbocycles. The van der Waals surface area contributed by atoms with Crippen molar-refractivity contribution in [2.45, 2.75) is 12.5 Å². The first kappa shape index (κ1) is 26.7. The summed E-state index contributed by atoms with van der Waals surface area (Å²) in [4.78, 5) is 25.0. The van der Waals surface area contributed by atoms with E-state index in [0.29, 0.717) is 19.9 Å². The van der Waals surface area contributed by atoms with Gasteiger partial charge in [0, 0.05) is 22.4 Å². The number of aliphatic carboxylic acids is 1. The van der Waals surface area contributed by atoms with Crippen molar-refractivity contribution in [3.63, 3.8) is 0 Å². The van der Waals surface area contributed by atoms with Gasteiger partial charge in [0.2, 0.25) is 0 Å². The van der Waals surface area contributed by atoms with Gasteiger partial charge in [-0.25, -0.2) is 13.2 Å². The summed E-state index contributed by atoms with van der Waals surface area (Å²) in [5, 5.41) is 12.7. The molecule has 4 N–H and O–H groups in total. The number of rotatable bonds is 8. The molecule has 0 fully saturated rings. The van der Waals surface area contributed by atoms with E-state index in [1.807, 2.05) is 22.6 Å². The summed E-state index contributed by atoms with van der Waals surface area (Å²) in [5.41, 5.74) is 0.966. The van der Waals surface area contributed by atoms with Crippen LogP contribution in [-0.2, 0) is 21.2 Å². The molecule has 0 bridgehead atoms. The van der Waals surface area contributed by atoms with Crippen LogP contribution in [0.25, 0.3) is 0 Å². The van der Waals surface area contributed by atoms with Gasteiger partial charge in [-0.05, 0) is 70.6 Å². The van der Waals surface area contributed by atoms with Crippen LogP contribution in [0.3, 0.4) is 0 Å². The maximum Gasteiger partial charge on any atom is 0.326 e. The predicted molar refractivity (Wildman–Crippen MR) is 149 cm³/mol. The van der Waals surface area contributed by atoms with E-state index in [9.17, 15) is 23.1 Å². The number of fused-ring (bicyclic) bond motifs is 1. The monoisotopic (exact) mass is 678 g/mol. The standard InChI is InChI=1S/C22H17Cl2IN4O5S2/c23-15-6-3-12(8-16(15)24)9-18(22(31)32)27-21(30)14-5-4-13(25)10-17(14)28-36(33,34)20-2-1-7-29-19(20)11-26-35-29/h1-8,10-11,18,26,28H,9H2,(H,27,30)(H,31,32)/t18-/m0/s1. The number of allylic oxidation sites excluding steroid dienone is 2. The smallest absolute Gasteiger partial charge is 0.326 e. The molecule has 1 atom stereocenters. The van der Waals surface area contributed by atoms with E-state index in [4.69, 9.17) is 23.2 Å². The predicted octanol–water partition coefficient (Wildman–Crippen LogP) is 4.49. The van der Waals surface area contributed by atoms with E-state index in [-0.39, 0.29) is 27.6 Å². The largest absolute Gasteiger partial charge is 0.480 e. The number of carboxylic acids is 1. The van der Waals surface area contributed by atoms with E-state index in [1.54, 1.807) is 34.9 Å². The van der Waals surface area contributed by atoms with Crippen LogP contribution in [0.5, 0.6) is 0 Å². The second-order valence-electron chi connectivity index (χ2n) is 7.55. The Kier molecular flexibility index (Phi) is 8.09. The van der Waals surface area contributed by atoms with Crippen LogP contribution in [0, 0.1) is 3.57 Å². The molecule has 14 heteroatoms. The SMILES string of the molecule is O=C(N[C@@H](Cc1ccc(Cl)c(Cl)c1)C(=O)O)c1ccc(I)cc1NS(=O)(=O)C1=CC=CN2SNC=C12. The van der Waals surface area contributed by atoms with Gasteiger partial charge in [-0.3, -0.25) is 13.8 Å². The van der Waals surface area contributed by atoms with Crippen LogP contribution >= 0.6 is 57.9 Å². The Morgan fingerprint density at radius 1 is 1.17 bits per heavy atom. The number of sulfonamides is 1. The normalized spacial score (nSPS) is 15.4. The molecular formula is C22H17Cl2IN4O5S2. The molecule has 0 radical (unpaired) electrons. The van der Waals surface area contributed by atoms with Gasteiger partial charge in [0.25, 0.3) is 15.9 Å². The fraction of sp³-hybridized carbons (Fsp3) is 0.0909. The molecule has 9 nitrogen and oxygen atoms in total. The molecule has 0 unspecified atom stereocenters. The Bertz CT molecular complexity index is 1450. The lowest BCUT2D eigenvalue weighted by Crippen LogP contribution is -2.42. The second-order valence-corrected chi connectivity index (χ2v) is 12.1. The number of nitrogens with zero attached hydrogens (tertiary/aromatic N) is 1. The molecule has 0 saturated heterocycles. The summed E-state index contributed by atoms with van der Waals surface area (Å²) in [5.74, 6) is -2.02. The summed E-state index contributed by atoms with van der Waals surface area (Å²) >= 11 is 15.1. The number of anilines is 1. The molecule has 188 valence electrons. The van der Waals surface area contributed by atoms with Crippen molar-refractivity contribution >= 4 is 85.5 Å². The molecule has 0 aliphatic carbocycles. The first-order valence-electron chi connectivity index (χ1n) is 10.2.